The predicted molar refractivity (Wildman–Crippen MR) is 79.3 cm³/mol. The molecule has 0 saturated carbocycles. The van der Waals surface area contributed by atoms with Crippen LogP contribution in [0.4, 0.5) is 5.82 Å². The summed E-state index contributed by atoms with van der Waals surface area (Å²) in [5, 5.41) is 0. The normalized spacial score (nSPS) is 17.8. The topological polar surface area (TPSA) is 76.5 Å². The summed E-state index contributed by atoms with van der Waals surface area (Å²) >= 11 is 0. The van der Waals surface area contributed by atoms with Gasteiger partial charge in [0.15, 0.2) is 0 Å². The predicted octanol–water partition coefficient (Wildman–Crippen LogP) is 1.31. The SMILES string of the molecule is CC#CC(=O)N1CCCC1c1nc(C)c2c(N)nccn12. The first-order chi connectivity index (χ1) is 10.1. The van der Waals surface area contributed by atoms with Gasteiger partial charge >= 0.3 is 0 Å². The van der Waals surface area contributed by atoms with Gasteiger partial charge in [-0.15, -0.1) is 0 Å². The van der Waals surface area contributed by atoms with Crippen molar-refractivity contribution in [1.82, 2.24) is 19.3 Å². The Hall–Kier alpha value is -2.55. The maximum atomic E-state index is 12.1. The number of rotatable bonds is 1. The molecule has 1 aliphatic heterocycles. The molecule has 0 spiro atoms. The van der Waals surface area contributed by atoms with E-state index in [0.717, 1.165) is 29.9 Å². The van der Waals surface area contributed by atoms with Crippen LogP contribution in [0.1, 0.15) is 37.3 Å². The van der Waals surface area contributed by atoms with Gasteiger partial charge in [0.25, 0.3) is 5.91 Å². The molecule has 21 heavy (non-hydrogen) atoms. The van der Waals surface area contributed by atoms with Crippen LogP contribution in [-0.4, -0.2) is 31.7 Å². The van der Waals surface area contributed by atoms with Crippen molar-refractivity contribution in [2.45, 2.75) is 32.7 Å². The van der Waals surface area contributed by atoms with Crippen LogP contribution in [0.5, 0.6) is 0 Å². The first-order valence-corrected chi connectivity index (χ1v) is 6.96. The van der Waals surface area contributed by atoms with E-state index in [4.69, 9.17) is 5.73 Å². The van der Waals surface area contributed by atoms with Crippen LogP contribution in [0.3, 0.4) is 0 Å². The number of aromatic nitrogens is 3. The van der Waals surface area contributed by atoms with Crippen molar-refractivity contribution in [1.29, 1.82) is 0 Å². The molecule has 6 heteroatoms. The molecule has 1 fully saturated rings. The van der Waals surface area contributed by atoms with E-state index in [2.05, 4.69) is 21.8 Å². The van der Waals surface area contributed by atoms with Crippen LogP contribution >= 0.6 is 0 Å². The van der Waals surface area contributed by atoms with E-state index in [0.29, 0.717) is 12.4 Å². The van der Waals surface area contributed by atoms with Gasteiger partial charge in [0.05, 0.1) is 11.7 Å². The van der Waals surface area contributed by atoms with Crippen LogP contribution in [-0.2, 0) is 4.79 Å². The van der Waals surface area contributed by atoms with E-state index >= 15 is 0 Å². The molecule has 1 atom stereocenters. The number of hydrogen-bond donors (Lipinski definition) is 1. The van der Waals surface area contributed by atoms with Gasteiger partial charge in [-0.2, -0.15) is 0 Å². The van der Waals surface area contributed by atoms with E-state index in [9.17, 15) is 4.79 Å². The number of carbonyl (C=O) groups excluding carboxylic acids is 1. The summed E-state index contributed by atoms with van der Waals surface area (Å²) in [6.07, 6.45) is 5.33. The van der Waals surface area contributed by atoms with Gasteiger partial charge in [-0.05, 0) is 32.6 Å². The zero-order chi connectivity index (χ0) is 15.0. The number of likely N-dealkylation sites (tertiary alicyclic amines) is 1. The molecule has 6 nitrogen and oxygen atoms in total. The monoisotopic (exact) mass is 283 g/mol. The molecule has 0 bridgehead atoms. The largest absolute Gasteiger partial charge is 0.382 e. The molecule has 2 N–H and O–H groups in total. The van der Waals surface area contributed by atoms with Gasteiger partial charge in [-0.1, -0.05) is 5.92 Å². The fourth-order valence-corrected chi connectivity index (χ4v) is 2.96. The number of fused-ring (bicyclic) bond motifs is 1. The quantitative estimate of drug-likeness (QED) is 0.800. The average molecular weight is 283 g/mol. The molecule has 1 amide bonds. The molecular formula is C15H17N5O. The number of imidazole rings is 1. The maximum Gasteiger partial charge on any atom is 0.299 e. The van der Waals surface area contributed by atoms with E-state index in [1.54, 1.807) is 18.0 Å². The Morgan fingerprint density at radius 1 is 1.52 bits per heavy atom. The first kappa shape index (κ1) is 13.4. The highest BCUT2D eigenvalue weighted by Crippen LogP contribution is 2.33. The molecule has 2 aromatic rings. The van der Waals surface area contributed by atoms with Crippen LogP contribution in [0, 0.1) is 18.8 Å². The highest BCUT2D eigenvalue weighted by atomic mass is 16.2. The van der Waals surface area contributed by atoms with Gasteiger partial charge in [-0.25, -0.2) is 9.97 Å². The lowest BCUT2D eigenvalue weighted by atomic mass is 10.2. The van der Waals surface area contributed by atoms with E-state index in [-0.39, 0.29) is 11.9 Å². The second kappa shape index (κ2) is 5.09. The molecule has 1 unspecified atom stereocenters. The summed E-state index contributed by atoms with van der Waals surface area (Å²) < 4.78 is 1.94. The van der Waals surface area contributed by atoms with Gasteiger partial charge in [-0.3, -0.25) is 9.20 Å². The number of amides is 1. The summed E-state index contributed by atoms with van der Waals surface area (Å²) in [5.41, 5.74) is 7.58. The minimum atomic E-state index is -0.142. The minimum absolute atomic E-state index is 0.0543. The number of nitrogens with two attached hydrogens (primary N) is 1. The van der Waals surface area contributed by atoms with Crippen molar-refractivity contribution in [2.75, 3.05) is 12.3 Å². The molecule has 108 valence electrons. The minimum Gasteiger partial charge on any atom is -0.382 e. The second-order valence-electron chi connectivity index (χ2n) is 5.12. The van der Waals surface area contributed by atoms with Crippen molar-refractivity contribution in [3.63, 3.8) is 0 Å². The highest BCUT2D eigenvalue weighted by Gasteiger charge is 2.32. The Labute approximate surface area is 123 Å². The number of nitrogen functional groups attached to an aromatic ring is 1. The summed E-state index contributed by atoms with van der Waals surface area (Å²) in [5.74, 6) is 6.43. The van der Waals surface area contributed by atoms with Crippen LogP contribution in [0.15, 0.2) is 12.4 Å². The van der Waals surface area contributed by atoms with E-state index < -0.39 is 0 Å². The Bertz CT molecular complexity index is 767. The molecule has 0 aromatic carbocycles. The van der Waals surface area contributed by atoms with E-state index in [1.807, 2.05) is 17.5 Å². The summed E-state index contributed by atoms with van der Waals surface area (Å²) in [7, 11) is 0. The summed E-state index contributed by atoms with van der Waals surface area (Å²) in [6, 6.07) is -0.0543. The Morgan fingerprint density at radius 2 is 2.33 bits per heavy atom. The van der Waals surface area contributed by atoms with Crippen molar-refractivity contribution in [3.8, 4) is 11.8 Å². The van der Waals surface area contributed by atoms with Gasteiger partial charge < -0.3 is 10.6 Å². The second-order valence-corrected chi connectivity index (χ2v) is 5.12. The Balaban J connectivity index is 2.09. The number of aryl methyl sites for hydroxylation is 1. The van der Waals surface area contributed by atoms with E-state index in [1.165, 1.54) is 0 Å². The number of hydrogen-bond acceptors (Lipinski definition) is 4. The molecule has 0 radical (unpaired) electrons. The molecule has 3 heterocycles. The molecule has 2 aromatic heterocycles. The van der Waals surface area contributed by atoms with Gasteiger partial charge in [0, 0.05) is 18.9 Å². The molecule has 1 aliphatic rings. The van der Waals surface area contributed by atoms with Crippen LogP contribution in [0.25, 0.3) is 5.52 Å². The lowest BCUT2D eigenvalue weighted by Gasteiger charge is -2.21. The Morgan fingerprint density at radius 3 is 3.10 bits per heavy atom. The maximum absolute atomic E-state index is 12.1. The third-order valence-corrected chi connectivity index (χ3v) is 3.83. The Kier molecular flexibility index (Phi) is 3.26. The molecule has 0 aliphatic carbocycles. The number of nitrogens with zero attached hydrogens (tertiary/aromatic N) is 4. The standard InChI is InChI=1S/C15H17N5O/c1-3-5-12(21)19-8-4-6-11(19)15-18-10(2)13-14(16)17-7-9-20(13)15/h7,9,11H,4,6,8H2,1-2H3,(H2,16,17). The number of carbonyl (C=O) groups is 1. The van der Waals surface area contributed by atoms with Crippen LogP contribution in [0.2, 0.25) is 0 Å². The van der Waals surface area contributed by atoms with Crippen molar-refractivity contribution in [2.24, 2.45) is 0 Å². The average Bonchev–Trinajstić information content (AvgIpc) is 3.04. The summed E-state index contributed by atoms with van der Waals surface area (Å²) in [6.45, 7) is 4.29. The molecule has 3 rings (SSSR count). The fraction of sp³-hybridized carbons (Fsp3) is 0.400. The zero-order valence-electron chi connectivity index (χ0n) is 12.1. The van der Waals surface area contributed by atoms with Gasteiger partial charge in [0.1, 0.15) is 17.2 Å². The molecular weight excluding hydrogens is 266 g/mol. The van der Waals surface area contributed by atoms with Crippen molar-refractivity contribution >= 4 is 17.2 Å². The fourth-order valence-electron chi connectivity index (χ4n) is 2.96. The summed E-state index contributed by atoms with van der Waals surface area (Å²) in [4.78, 5) is 22.6. The lowest BCUT2D eigenvalue weighted by molar-refractivity contribution is -0.126. The number of anilines is 1. The van der Waals surface area contributed by atoms with Crippen LogP contribution < -0.4 is 5.73 Å². The van der Waals surface area contributed by atoms with Crippen molar-refractivity contribution in [3.05, 3.63) is 23.9 Å². The third-order valence-electron chi connectivity index (χ3n) is 3.83. The van der Waals surface area contributed by atoms with Gasteiger partial charge in [0.2, 0.25) is 0 Å². The highest BCUT2D eigenvalue weighted by molar-refractivity contribution is 5.93. The third kappa shape index (κ3) is 2.11. The zero-order valence-corrected chi connectivity index (χ0v) is 12.1. The first-order valence-electron chi connectivity index (χ1n) is 6.96. The smallest absolute Gasteiger partial charge is 0.299 e. The lowest BCUT2D eigenvalue weighted by Crippen LogP contribution is -2.30. The molecule has 1 saturated heterocycles. The van der Waals surface area contributed by atoms with Crippen molar-refractivity contribution < 1.29 is 4.79 Å².